The van der Waals surface area contributed by atoms with Crippen molar-refractivity contribution in [2.45, 2.75) is 51.0 Å². The molecular formula is C38H41N7O8. The maximum Gasteiger partial charge on any atom is 0.343 e. The molecule has 0 fully saturated rings. The molecule has 4 amide bonds. The highest BCUT2D eigenvalue weighted by molar-refractivity contribution is 5.93. The van der Waals surface area contributed by atoms with Crippen molar-refractivity contribution in [3.8, 4) is 11.4 Å². The van der Waals surface area contributed by atoms with Crippen LogP contribution in [0.4, 0.5) is 0 Å². The number of rotatable bonds is 13. The Morgan fingerprint density at radius 1 is 1.02 bits per heavy atom. The smallest absolute Gasteiger partial charge is 0.343 e. The number of nitrogens with two attached hydrogens (primary N) is 1. The van der Waals surface area contributed by atoms with E-state index in [1.54, 1.807) is 36.7 Å². The molecule has 4 heterocycles. The van der Waals surface area contributed by atoms with Gasteiger partial charge in [-0.15, -0.1) is 0 Å². The SMILES string of the molecule is CC[C@@]1(O)C(=O)OCc2c1cc1n(c2=O)Cc2c-1nc1ccccc1c2CCN(C)C(=O)CNC(=O)[C@H](Cc1ccccc1)NC(=O)CNC(=O)CN. The Labute approximate surface area is 304 Å². The van der Waals surface area contributed by atoms with Crippen LogP contribution in [0.1, 0.15) is 41.2 Å². The number of fused-ring (bicyclic) bond motifs is 5. The van der Waals surface area contributed by atoms with Crippen LogP contribution in [0.5, 0.6) is 0 Å². The van der Waals surface area contributed by atoms with E-state index in [9.17, 15) is 33.9 Å². The number of hydrogen-bond acceptors (Lipinski definition) is 10. The Morgan fingerprint density at radius 3 is 2.49 bits per heavy atom. The zero-order chi connectivity index (χ0) is 37.9. The third-order valence-corrected chi connectivity index (χ3v) is 9.82. The maximum atomic E-state index is 13.8. The van der Waals surface area contributed by atoms with Crippen LogP contribution < -0.4 is 27.2 Å². The Bertz CT molecular complexity index is 2170. The molecule has 0 spiro atoms. The predicted molar refractivity (Wildman–Crippen MR) is 193 cm³/mol. The molecule has 2 atom stereocenters. The predicted octanol–water partition coefficient (Wildman–Crippen LogP) is -0.000900. The van der Waals surface area contributed by atoms with Crippen LogP contribution in [0, 0.1) is 0 Å². The fraction of sp³-hybridized carbons (Fsp3) is 0.342. The molecule has 0 bridgehead atoms. The van der Waals surface area contributed by atoms with Crippen molar-refractivity contribution in [3.05, 3.63) is 98.8 Å². The second kappa shape index (κ2) is 15.4. The largest absolute Gasteiger partial charge is 0.458 e. The van der Waals surface area contributed by atoms with Crippen molar-refractivity contribution in [2.24, 2.45) is 5.73 Å². The topological polar surface area (TPSA) is 215 Å². The van der Waals surface area contributed by atoms with Crippen molar-refractivity contribution in [2.75, 3.05) is 33.2 Å². The first-order chi connectivity index (χ1) is 25.4. The number of hydrogen-bond donors (Lipinski definition) is 5. The average molecular weight is 724 g/mol. The quantitative estimate of drug-likeness (QED) is 0.103. The van der Waals surface area contributed by atoms with Crippen LogP contribution in [0.15, 0.2) is 65.5 Å². The third-order valence-electron chi connectivity index (χ3n) is 9.82. The number of amides is 4. The van der Waals surface area contributed by atoms with Gasteiger partial charge in [-0.1, -0.05) is 55.5 Å². The zero-order valence-electron chi connectivity index (χ0n) is 29.4. The van der Waals surface area contributed by atoms with Crippen LogP contribution in [-0.4, -0.2) is 88.4 Å². The highest BCUT2D eigenvalue weighted by Gasteiger charge is 2.45. The van der Waals surface area contributed by atoms with Gasteiger partial charge in [-0.2, -0.15) is 0 Å². The first kappa shape index (κ1) is 36.8. The normalized spacial score (nSPS) is 16.1. The van der Waals surface area contributed by atoms with Crippen LogP contribution in [0.2, 0.25) is 0 Å². The third kappa shape index (κ3) is 7.39. The molecule has 53 heavy (non-hydrogen) atoms. The monoisotopic (exact) mass is 723 g/mol. The van der Waals surface area contributed by atoms with Crippen molar-refractivity contribution in [1.82, 2.24) is 30.4 Å². The van der Waals surface area contributed by atoms with Gasteiger partial charge in [0.25, 0.3) is 5.56 Å². The molecule has 15 nitrogen and oxygen atoms in total. The van der Waals surface area contributed by atoms with E-state index >= 15 is 0 Å². The van der Waals surface area contributed by atoms with Gasteiger partial charge in [0.15, 0.2) is 5.60 Å². The fourth-order valence-electron chi connectivity index (χ4n) is 6.78. The van der Waals surface area contributed by atoms with Crippen molar-refractivity contribution in [1.29, 1.82) is 0 Å². The number of benzene rings is 2. The highest BCUT2D eigenvalue weighted by Crippen LogP contribution is 2.40. The molecule has 0 radical (unpaired) electrons. The molecule has 0 unspecified atom stereocenters. The van der Waals surface area contributed by atoms with Gasteiger partial charge in [-0.25, -0.2) is 9.78 Å². The maximum absolute atomic E-state index is 13.8. The van der Waals surface area contributed by atoms with Crippen LogP contribution in [0.25, 0.3) is 22.3 Å². The molecule has 2 aliphatic rings. The lowest BCUT2D eigenvalue weighted by Crippen LogP contribution is -2.52. The van der Waals surface area contributed by atoms with Gasteiger partial charge < -0.3 is 41.0 Å². The molecular weight excluding hydrogens is 682 g/mol. The summed E-state index contributed by atoms with van der Waals surface area (Å²) in [4.78, 5) is 83.4. The summed E-state index contributed by atoms with van der Waals surface area (Å²) in [5.41, 5.74) is 7.64. The second-order valence-electron chi connectivity index (χ2n) is 13.1. The molecule has 2 aliphatic heterocycles. The number of ether oxygens (including phenoxy) is 1. The van der Waals surface area contributed by atoms with Gasteiger partial charge in [0.1, 0.15) is 12.6 Å². The summed E-state index contributed by atoms with van der Waals surface area (Å²) in [6.45, 7) is 0.917. The summed E-state index contributed by atoms with van der Waals surface area (Å²) in [7, 11) is 1.62. The minimum Gasteiger partial charge on any atom is -0.458 e. The minimum atomic E-state index is -1.95. The first-order valence-electron chi connectivity index (χ1n) is 17.3. The van der Waals surface area contributed by atoms with E-state index in [-0.39, 0.29) is 74.8 Å². The highest BCUT2D eigenvalue weighted by atomic mass is 16.6. The lowest BCUT2D eigenvalue weighted by atomic mass is 9.86. The van der Waals surface area contributed by atoms with E-state index in [2.05, 4.69) is 16.0 Å². The molecule has 2 aromatic heterocycles. The molecule has 15 heteroatoms. The first-order valence-corrected chi connectivity index (χ1v) is 17.3. The zero-order valence-corrected chi connectivity index (χ0v) is 29.4. The van der Waals surface area contributed by atoms with Crippen molar-refractivity contribution >= 4 is 40.5 Å². The van der Waals surface area contributed by atoms with E-state index in [0.29, 0.717) is 23.3 Å². The number of para-hydroxylation sites is 1. The molecule has 0 saturated carbocycles. The van der Waals surface area contributed by atoms with E-state index in [4.69, 9.17) is 15.5 Å². The van der Waals surface area contributed by atoms with Crippen LogP contribution in [-0.2, 0) is 60.3 Å². The summed E-state index contributed by atoms with van der Waals surface area (Å²) < 4.78 is 6.78. The summed E-state index contributed by atoms with van der Waals surface area (Å²) in [6.07, 6.45) is 0.581. The van der Waals surface area contributed by atoms with E-state index in [1.807, 2.05) is 42.5 Å². The molecule has 6 N–H and O–H groups in total. The summed E-state index contributed by atoms with van der Waals surface area (Å²) in [6, 6.07) is 17.2. The number of carbonyl (C=O) groups is 5. The van der Waals surface area contributed by atoms with Gasteiger partial charge >= 0.3 is 5.97 Å². The molecule has 0 aliphatic carbocycles. The average Bonchev–Trinajstić information content (AvgIpc) is 3.54. The lowest BCUT2D eigenvalue weighted by Gasteiger charge is -2.31. The molecule has 0 saturated heterocycles. The molecule has 4 aromatic rings. The minimum absolute atomic E-state index is 0.0308. The fourth-order valence-corrected chi connectivity index (χ4v) is 6.78. The molecule has 6 rings (SSSR count). The summed E-state index contributed by atoms with van der Waals surface area (Å²) in [5, 5.41) is 19.7. The Morgan fingerprint density at radius 2 is 1.75 bits per heavy atom. The number of aromatic nitrogens is 2. The van der Waals surface area contributed by atoms with E-state index in [0.717, 1.165) is 22.1 Å². The van der Waals surface area contributed by atoms with E-state index in [1.165, 1.54) is 4.90 Å². The number of likely N-dealkylation sites (N-methyl/N-ethyl adjacent to an activating group) is 1. The Hall–Kier alpha value is -5.93. The number of nitrogens with one attached hydrogen (secondary N) is 3. The van der Waals surface area contributed by atoms with Crippen LogP contribution in [0.3, 0.4) is 0 Å². The summed E-state index contributed by atoms with van der Waals surface area (Å²) >= 11 is 0. The van der Waals surface area contributed by atoms with Gasteiger partial charge in [0.2, 0.25) is 23.6 Å². The van der Waals surface area contributed by atoms with Gasteiger partial charge in [-0.05, 0) is 36.1 Å². The summed E-state index contributed by atoms with van der Waals surface area (Å²) in [5.74, 6) is -2.84. The number of carbonyl (C=O) groups excluding carboxylic acids is 5. The van der Waals surface area contributed by atoms with Gasteiger partial charge in [0, 0.05) is 36.5 Å². The van der Waals surface area contributed by atoms with Gasteiger partial charge in [-0.3, -0.25) is 24.0 Å². The Kier molecular flexibility index (Phi) is 10.7. The number of cyclic esters (lactones) is 1. The van der Waals surface area contributed by atoms with Gasteiger partial charge in [0.05, 0.1) is 48.6 Å². The van der Waals surface area contributed by atoms with Crippen molar-refractivity contribution < 1.29 is 33.8 Å². The number of esters is 1. The Balaban J connectivity index is 1.18. The number of pyridine rings is 2. The standard InChI is InChI=1S/C38H41N7O8/c1-3-38(52)27-16-30-34-25(20-45(30)36(50)26(27)21-53-37(38)51)23(24-11-7-8-12-28(24)43-34)13-14-44(2)33(48)19-41-35(49)29(15-22-9-5-4-6-10-22)42-32(47)18-40-31(46)17-39/h4-12,16,29,52H,3,13-15,17-21,39H2,1-2H3,(H,40,46)(H,41,49)(H,42,47)/t29-,38-/m0/s1. The number of nitrogens with zero attached hydrogens (tertiary/aromatic N) is 3. The lowest BCUT2D eigenvalue weighted by molar-refractivity contribution is -0.172. The molecule has 2 aromatic carbocycles. The second-order valence-corrected chi connectivity index (χ2v) is 13.1. The van der Waals surface area contributed by atoms with Crippen LogP contribution >= 0.6 is 0 Å². The molecule has 276 valence electrons. The number of aliphatic hydroxyl groups is 1. The van der Waals surface area contributed by atoms with E-state index < -0.39 is 35.3 Å². The van der Waals surface area contributed by atoms with Crippen molar-refractivity contribution in [3.63, 3.8) is 0 Å².